The molecule has 0 amide bonds. The third-order valence-electron chi connectivity index (χ3n) is 3.59. The van der Waals surface area contributed by atoms with Gasteiger partial charge < -0.3 is 9.47 Å². The van der Waals surface area contributed by atoms with E-state index in [1.54, 1.807) is 0 Å². The molecule has 1 fully saturated rings. The highest BCUT2D eigenvalue weighted by Crippen LogP contribution is 2.31. The maximum Gasteiger partial charge on any atom is 0.125 e. The smallest absolute Gasteiger partial charge is 0.125 e. The van der Waals surface area contributed by atoms with E-state index in [9.17, 15) is 0 Å². The molecule has 19 heavy (non-hydrogen) atoms. The maximum absolute atomic E-state index is 6.02. The van der Waals surface area contributed by atoms with E-state index in [2.05, 4.69) is 46.8 Å². The fourth-order valence-electron chi connectivity index (χ4n) is 2.52. The summed E-state index contributed by atoms with van der Waals surface area (Å²) in [5.74, 6) is 1.65. The number of epoxide rings is 1. The monoisotopic (exact) mass is 262 g/mol. The third-order valence-corrected chi connectivity index (χ3v) is 3.59. The minimum Gasteiger partial charge on any atom is -0.493 e. The molecule has 1 heterocycles. The van der Waals surface area contributed by atoms with Crippen LogP contribution in [-0.2, 0) is 11.2 Å². The zero-order chi connectivity index (χ0) is 14.0. The van der Waals surface area contributed by atoms with Gasteiger partial charge in [0, 0.05) is 0 Å². The van der Waals surface area contributed by atoms with E-state index in [0.29, 0.717) is 18.1 Å². The second-order valence-corrected chi connectivity index (χ2v) is 6.19. The minimum atomic E-state index is 0.450. The summed E-state index contributed by atoms with van der Waals surface area (Å²) in [6.45, 7) is 11.6. The lowest BCUT2D eigenvalue weighted by Crippen LogP contribution is -2.08. The van der Waals surface area contributed by atoms with Gasteiger partial charge in [0.05, 0.1) is 18.8 Å². The SMILES string of the molecule is Cc1cc(C)c(OCC(C)C)c(CCC2OC2C)c1. The highest BCUT2D eigenvalue weighted by Gasteiger charge is 2.33. The standard InChI is InChI=1S/C17H26O2/c1-11(2)10-18-17-13(4)8-12(3)9-15(17)6-7-16-14(5)19-16/h8-9,11,14,16H,6-7,10H2,1-5H3. The van der Waals surface area contributed by atoms with Gasteiger partial charge in [0.15, 0.2) is 0 Å². The van der Waals surface area contributed by atoms with Gasteiger partial charge in [0.1, 0.15) is 5.75 Å². The van der Waals surface area contributed by atoms with Crippen molar-refractivity contribution < 1.29 is 9.47 Å². The van der Waals surface area contributed by atoms with Crippen LogP contribution in [-0.4, -0.2) is 18.8 Å². The Morgan fingerprint density at radius 3 is 2.53 bits per heavy atom. The third kappa shape index (κ3) is 3.97. The van der Waals surface area contributed by atoms with Crippen LogP contribution >= 0.6 is 0 Å². The normalized spacial score (nSPS) is 21.8. The molecule has 2 atom stereocenters. The number of aryl methyl sites for hydroxylation is 3. The first-order valence-corrected chi connectivity index (χ1v) is 7.35. The molecule has 0 spiro atoms. The average Bonchev–Trinajstić information content (AvgIpc) is 3.00. The van der Waals surface area contributed by atoms with Crippen molar-refractivity contribution in [2.75, 3.05) is 6.61 Å². The van der Waals surface area contributed by atoms with Crippen molar-refractivity contribution in [2.45, 2.75) is 59.7 Å². The second-order valence-electron chi connectivity index (χ2n) is 6.19. The molecular weight excluding hydrogens is 236 g/mol. The van der Waals surface area contributed by atoms with Crippen LogP contribution in [0.3, 0.4) is 0 Å². The number of rotatable bonds is 6. The summed E-state index contributed by atoms with van der Waals surface area (Å²) < 4.78 is 11.5. The van der Waals surface area contributed by atoms with Crippen molar-refractivity contribution in [1.29, 1.82) is 0 Å². The number of ether oxygens (including phenoxy) is 2. The fourth-order valence-corrected chi connectivity index (χ4v) is 2.52. The van der Waals surface area contributed by atoms with Gasteiger partial charge in [0.2, 0.25) is 0 Å². The number of benzene rings is 1. The second kappa shape index (κ2) is 5.96. The summed E-state index contributed by atoms with van der Waals surface area (Å²) >= 11 is 0. The highest BCUT2D eigenvalue weighted by atomic mass is 16.6. The summed E-state index contributed by atoms with van der Waals surface area (Å²) in [7, 11) is 0. The topological polar surface area (TPSA) is 21.8 Å². The van der Waals surface area contributed by atoms with Gasteiger partial charge in [-0.2, -0.15) is 0 Å². The Labute approximate surface area is 117 Å². The molecule has 1 aliphatic rings. The van der Waals surface area contributed by atoms with Gasteiger partial charge in [-0.25, -0.2) is 0 Å². The molecule has 2 heteroatoms. The van der Waals surface area contributed by atoms with Crippen LogP contribution in [0.2, 0.25) is 0 Å². The van der Waals surface area contributed by atoms with Gasteiger partial charge in [-0.05, 0) is 50.7 Å². The summed E-state index contributed by atoms with van der Waals surface area (Å²) in [5, 5.41) is 0. The average molecular weight is 262 g/mol. The van der Waals surface area contributed by atoms with E-state index in [0.717, 1.165) is 25.2 Å². The fraction of sp³-hybridized carbons (Fsp3) is 0.647. The van der Waals surface area contributed by atoms with E-state index in [1.165, 1.54) is 16.7 Å². The molecule has 1 aromatic rings. The molecule has 2 rings (SSSR count). The molecule has 0 bridgehead atoms. The molecule has 0 aliphatic carbocycles. The lowest BCUT2D eigenvalue weighted by Gasteiger charge is -2.16. The molecule has 1 aromatic carbocycles. The summed E-state index contributed by atoms with van der Waals surface area (Å²) in [4.78, 5) is 0. The van der Waals surface area contributed by atoms with Crippen molar-refractivity contribution in [3.8, 4) is 5.75 Å². The Morgan fingerprint density at radius 1 is 1.26 bits per heavy atom. The van der Waals surface area contributed by atoms with Gasteiger partial charge in [-0.15, -0.1) is 0 Å². The van der Waals surface area contributed by atoms with Crippen LogP contribution in [0, 0.1) is 19.8 Å². The molecule has 0 N–H and O–H groups in total. The predicted octanol–water partition coefficient (Wildman–Crippen LogP) is 4.06. The predicted molar refractivity (Wildman–Crippen MR) is 78.9 cm³/mol. The van der Waals surface area contributed by atoms with Gasteiger partial charge in [0.25, 0.3) is 0 Å². The quantitative estimate of drug-likeness (QED) is 0.721. The van der Waals surface area contributed by atoms with Crippen LogP contribution in [0.5, 0.6) is 5.75 Å². The van der Waals surface area contributed by atoms with E-state index in [-0.39, 0.29) is 0 Å². The Bertz CT molecular complexity index is 437. The van der Waals surface area contributed by atoms with Crippen LogP contribution in [0.1, 0.15) is 43.9 Å². The molecule has 2 nitrogen and oxygen atoms in total. The first kappa shape index (κ1) is 14.4. The molecule has 1 aliphatic heterocycles. The lowest BCUT2D eigenvalue weighted by molar-refractivity contribution is 0.266. The van der Waals surface area contributed by atoms with E-state index < -0.39 is 0 Å². The van der Waals surface area contributed by atoms with Crippen LogP contribution in [0.4, 0.5) is 0 Å². The summed E-state index contributed by atoms with van der Waals surface area (Å²) in [6, 6.07) is 4.46. The van der Waals surface area contributed by atoms with Gasteiger partial charge in [-0.1, -0.05) is 31.5 Å². The lowest BCUT2D eigenvalue weighted by atomic mass is 10.0. The molecular formula is C17H26O2. The first-order chi connectivity index (χ1) is 8.97. The van der Waals surface area contributed by atoms with Crippen LogP contribution in [0.25, 0.3) is 0 Å². The minimum absolute atomic E-state index is 0.450. The molecule has 0 aromatic heterocycles. The molecule has 0 saturated carbocycles. The van der Waals surface area contributed by atoms with E-state index in [4.69, 9.17) is 9.47 Å². The van der Waals surface area contributed by atoms with Gasteiger partial charge >= 0.3 is 0 Å². The van der Waals surface area contributed by atoms with E-state index >= 15 is 0 Å². The molecule has 1 saturated heterocycles. The number of hydrogen-bond donors (Lipinski definition) is 0. The van der Waals surface area contributed by atoms with Crippen molar-refractivity contribution >= 4 is 0 Å². The first-order valence-electron chi connectivity index (χ1n) is 7.35. The Morgan fingerprint density at radius 2 is 1.95 bits per heavy atom. The Balaban J connectivity index is 2.08. The van der Waals surface area contributed by atoms with Crippen molar-refractivity contribution in [3.05, 3.63) is 28.8 Å². The largest absolute Gasteiger partial charge is 0.493 e. The molecule has 0 radical (unpaired) electrons. The zero-order valence-corrected chi connectivity index (χ0v) is 12.8. The highest BCUT2D eigenvalue weighted by molar-refractivity contribution is 5.44. The summed E-state index contributed by atoms with van der Waals surface area (Å²) in [6.07, 6.45) is 3.05. The molecule has 2 unspecified atom stereocenters. The van der Waals surface area contributed by atoms with Crippen LogP contribution in [0.15, 0.2) is 12.1 Å². The summed E-state index contributed by atoms with van der Waals surface area (Å²) in [5.41, 5.74) is 3.90. The zero-order valence-electron chi connectivity index (χ0n) is 12.8. The Hall–Kier alpha value is -1.02. The van der Waals surface area contributed by atoms with Crippen LogP contribution < -0.4 is 4.74 Å². The van der Waals surface area contributed by atoms with Gasteiger partial charge in [-0.3, -0.25) is 0 Å². The maximum atomic E-state index is 6.02. The number of hydrogen-bond acceptors (Lipinski definition) is 2. The van der Waals surface area contributed by atoms with Crippen molar-refractivity contribution in [1.82, 2.24) is 0 Å². The van der Waals surface area contributed by atoms with Crippen molar-refractivity contribution in [2.24, 2.45) is 5.92 Å². The van der Waals surface area contributed by atoms with Crippen molar-refractivity contribution in [3.63, 3.8) is 0 Å². The molecule has 106 valence electrons. The Kier molecular flexibility index (Phi) is 4.51. The van der Waals surface area contributed by atoms with E-state index in [1.807, 2.05) is 0 Å².